The van der Waals surface area contributed by atoms with E-state index in [-0.39, 0.29) is 17.5 Å². The van der Waals surface area contributed by atoms with E-state index < -0.39 is 11.8 Å². The van der Waals surface area contributed by atoms with Crippen LogP contribution in [0.2, 0.25) is 0 Å². The SMILES string of the molecule is COc1ccc(NC(=O)c2cc(O)no2)cc1C(=O)N1CCC(Cc2ccc(F)cc2)CC1. The summed E-state index contributed by atoms with van der Waals surface area (Å²) in [5.74, 6) is -0.749. The predicted octanol–water partition coefficient (Wildman–Crippen LogP) is 3.88. The van der Waals surface area contributed by atoms with Crippen molar-refractivity contribution in [2.24, 2.45) is 5.92 Å². The van der Waals surface area contributed by atoms with E-state index in [4.69, 9.17) is 9.26 Å². The van der Waals surface area contributed by atoms with Crippen molar-refractivity contribution in [1.29, 1.82) is 0 Å². The number of methoxy groups -OCH3 is 1. The van der Waals surface area contributed by atoms with Crippen LogP contribution >= 0.6 is 0 Å². The zero-order valence-corrected chi connectivity index (χ0v) is 18.1. The monoisotopic (exact) mass is 453 g/mol. The number of anilines is 1. The number of halogens is 1. The molecule has 1 aromatic heterocycles. The Morgan fingerprint density at radius 1 is 1.18 bits per heavy atom. The molecule has 4 rings (SSSR count). The molecular weight excluding hydrogens is 429 g/mol. The molecule has 0 unspecified atom stereocenters. The van der Waals surface area contributed by atoms with Gasteiger partial charge < -0.3 is 24.6 Å². The lowest BCUT2D eigenvalue weighted by molar-refractivity contribution is 0.0687. The second-order valence-corrected chi connectivity index (χ2v) is 7.98. The number of benzene rings is 2. The number of aromatic hydroxyl groups is 1. The van der Waals surface area contributed by atoms with Gasteiger partial charge in [0.05, 0.1) is 18.7 Å². The lowest BCUT2D eigenvalue weighted by Crippen LogP contribution is -2.39. The summed E-state index contributed by atoms with van der Waals surface area (Å²) in [6, 6.07) is 12.4. The number of nitrogens with zero attached hydrogens (tertiary/aromatic N) is 2. The number of carbonyl (C=O) groups is 2. The highest BCUT2D eigenvalue weighted by atomic mass is 19.1. The lowest BCUT2D eigenvalue weighted by Gasteiger charge is -2.32. The van der Waals surface area contributed by atoms with Crippen LogP contribution in [0.5, 0.6) is 11.6 Å². The zero-order valence-electron chi connectivity index (χ0n) is 18.1. The molecule has 0 aliphatic carbocycles. The van der Waals surface area contributed by atoms with Gasteiger partial charge in [-0.25, -0.2) is 4.39 Å². The molecule has 8 nitrogen and oxygen atoms in total. The van der Waals surface area contributed by atoms with Crippen LogP contribution in [0.25, 0.3) is 0 Å². The van der Waals surface area contributed by atoms with Gasteiger partial charge in [-0.2, -0.15) is 0 Å². The van der Waals surface area contributed by atoms with E-state index in [1.165, 1.54) is 19.2 Å². The number of amides is 2. The third-order valence-electron chi connectivity index (χ3n) is 5.75. The highest BCUT2D eigenvalue weighted by molar-refractivity contribution is 6.04. The summed E-state index contributed by atoms with van der Waals surface area (Å²) >= 11 is 0. The number of rotatable bonds is 6. The van der Waals surface area contributed by atoms with Gasteiger partial charge in [0.2, 0.25) is 5.76 Å². The van der Waals surface area contributed by atoms with Gasteiger partial charge in [-0.1, -0.05) is 12.1 Å². The van der Waals surface area contributed by atoms with Crippen molar-refractivity contribution in [2.45, 2.75) is 19.3 Å². The molecule has 2 amide bonds. The molecule has 1 aliphatic rings. The summed E-state index contributed by atoms with van der Waals surface area (Å²) in [5.41, 5.74) is 1.81. The number of hydrogen-bond donors (Lipinski definition) is 2. The minimum absolute atomic E-state index is 0.153. The average molecular weight is 453 g/mol. The van der Waals surface area contributed by atoms with Gasteiger partial charge in [-0.3, -0.25) is 9.59 Å². The van der Waals surface area contributed by atoms with Crippen molar-refractivity contribution in [3.05, 3.63) is 71.2 Å². The van der Waals surface area contributed by atoms with Gasteiger partial charge in [0.1, 0.15) is 11.6 Å². The maximum atomic E-state index is 13.2. The number of piperidine rings is 1. The Bertz CT molecular complexity index is 1140. The van der Waals surface area contributed by atoms with Gasteiger partial charge in [0, 0.05) is 18.8 Å². The van der Waals surface area contributed by atoms with E-state index in [9.17, 15) is 19.1 Å². The van der Waals surface area contributed by atoms with Crippen molar-refractivity contribution in [3.8, 4) is 11.6 Å². The third kappa shape index (κ3) is 5.31. The third-order valence-corrected chi connectivity index (χ3v) is 5.75. The fourth-order valence-corrected chi connectivity index (χ4v) is 3.98. The van der Waals surface area contributed by atoms with E-state index in [0.717, 1.165) is 30.9 Å². The normalized spacial score (nSPS) is 14.2. The Hall–Kier alpha value is -3.88. The maximum absolute atomic E-state index is 13.2. The topological polar surface area (TPSA) is 105 Å². The van der Waals surface area contributed by atoms with Crippen LogP contribution in [0.3, 0.4) is 0 Å². The number of nitrogens with one attached hydrogen (secondary N) is 1. The van der Waals surface area contributed by atoms with Crippen LogP contribution in [0.15, 0.2) is 53.1 Å². The van der Waals surface area contributed by atoms with Crippen LogP contribution < -0.4 is 10.1 Å². The molecule has 3 aromatic rings. The van der Waals surface area contributed by atoms with Crippen LogP contribution in [0.4, 0.5) is 10.1 Å². The van der Waals surface area contributed by atoms with Crippen LogP contribution in [0.1, 0.15) is 39.3 Å². The summed E-state index contributed by atoms with van der Waals surface area (Å²) in [4.78, 5) is 27.3. The molecule has 33 heavy (non-hydrogen) atoms. The minimum atomic E-state index is -0.604. The van der Waals surface area contributed by atoms with Crippen LogP contribution in [-0.4, -0.2) is 47.2 Å². The molecule has 2 heterocycles. The number of likely N-dealkylation sites (tertiary alicyclic amines) is 1. The smallest absolute Gasteiger partial charge is 0.294 e. The van der Waals surface area contributed by atoms with Crippen LogP contribution in [-0.2, 0) is 6.42 Å². The molecule has 1 saturated heterocycles. The van der Waals surface area contributed by atoms with E-state index in [1.54, 1.807) is 35.2 Å². The molecule has 1 aliphatic heterocycles. The van der Waals surface area contributed by atoms with E-state index in [1.807, 2.05) is 0 Å². The molecule has 9 heteroatoms. The molecule has 2 N–H and O–H groups in total. The summed E-state index contributed by atoms with van der Waals surface area (Å²) in [6.45, 7) is 1.20. The first kappa shape index (κ1) is 22.3. The quantitative estimate of drug-likeness (QED) is 0.587. The van der Waals surface area contributed by atoms with Crippen molar-refractivity contribution in [3.63, 3.8) is 0 Å². The number of hydrogen-bond acceptors (Lipinski definition) is 6. The fraction of sp³-hybridized carbons (Fsp3) is 0.292. The average Bonchev–Trinajstić information content (AvgIpc) is 3.27. The van der Waals surface area contributed by atoms with E-state index in [2.05, 4.69) is 10.5 Å². The van der Waals surface area contributed by atoms with Gasteiger partial charge >= 0.3 is 0 Å². The molecule has 0 saturated carbocycles. The Kier molecular flexibility index (Phi) is 6.58. The summed E-state index contributed by atoms with van der Waals surface area (Å²) < 4.78 is 23.2. The molecule has 0 bridgehead atoms. The summed E-state index contributed by atoms with van der Waals surface area (Å²) in [5, 5.41) is 15.1. The molecule has 0 radical (unpaired) electrons. The highest BCUT2D eigenvalue weighted by Gasteiger charge is 2.26. The largest absolute Gasteiger partial charge is 0.496 e. The van der Waals surface area contributed by atoms with Crippen molar-refractivity contribution in [2.75, 3.05) is 25.5 Å². The first-order valence-corrected chi connectivity index (χ1v) is 10.6. The number of carbonyl (C=O) groups excluding carboxylic acids is 2. The molecule has 0 atom stereocenters. The van der Waals surface area contributed by atoms with Gasteiger partial charge in [-0.05, 0) is 66.2 Å². The zero-order chi connectivity index (χ0) is 23.4. The minimum Gasteiger partial charge on any atom is -0.496 e. The fourth-order valence-electron chi connectivity index (χ4n) is 3.98. The molecular formula is C24H24FN3O5. The van der Waals surface area contributed by atoms with Crippen molar-refractivity contribution >= 4 is 17.5 Å². The van der Waals surface area contributed by atoms with Crippen molar-refractivity contribution < 1.29 is 28.3 Å². The Morgan fingerprint density at radius 2 is 1.91 bits per heavy atom. The van der Waals surface area contributed by atoms with Gasteiger partial charge in [-0.15, -0.1) is 0 Å². The van der Waals surface area contributed by atoms with Crippen molar-refractivity contribution in [1.82, 2.24) is 10.1 Å². The van der Waals surface area contributed by atoms with Gasteiger partial charge in [0.15, 0.2) is 0 Å². The van der Waals surface area contributed by atoms with Crippen LogP contribution in [0, 0.1) is 11.7 Å². The Labute approximate surface area is 189 Å². The first-order valence-electron chi connectivity index (χ1n) is 10.6. The van der Waals surface area contributed by atoms with E-state index in [0.29, 0.717) is 36.0 Å². The second-order valence-electron chi connectivity index (χ2n) is 7.98. The second kappa shape index (κ2) is 9.72. The first-order chi connectivity index (χ1) is 15.9. The molecule has 2 aromatic carbocycles. The highest BCUT2D eigenvalue weighted by Crippen LogP contribution is 2.28. The summed E-state index contributed by atoms with van der Waals surface area (Å²) in [7, 11) is 1.48. The number of ether oxygens (including phenoxy) is 1. The maximum Gasteiger partial charge on any atom is 0.294 e. The lowest BCUT2D eigenvalue weighted by atomic mass is 9.90. The number of aromatic nitrogens is 1. The predicted molar refractivity (Wildman–Crippen MR) is 118 cm³/mol. The molecule has 172 valence electrons. The Balaban J connectivity index is 1.41. The van der Waals surface area contributed by atoms with Gasteiger partial charge in [0.25, 0.3) is 17.7 Å². The molecule has 0 spiro atoms. The van der Waals surface area contributed by atoms with E-state index >= 15 is 0 Å². The molecule has 1 fully saturated rings. The Morgan fingerprint density at radius 3 is 2.55 bits per heavy atom. The standard InChI is InChI=1S/C24H24FN3O5/c1-32-20-7-6-18(26-23(30)21-14-22(29)27-33-21)13-19(20)24(31)28-10-8-16(9-11-28)12-15-2-4-17(25)5-3-15/h2-7,13-14,16H,8-12H2,1H3,(H,26,30)(H,27,29). The summed E-state index contributed by atoms with van der Waals surface area (Å²) in [6.07, 6.45) is 2.54.